The van der Waals surface area contributed by atoms with Crippen LogP contribution in [-0.4, -0.2) is 75.0 Å². The SMILES string of the molecule is CCc1ncc(S(=O)(=O)N(CCCN(C)C)CCOC)[nH]1. The van der Waals surface area contributed by atoms with E-state index in [0.717, 1.165) is 13.0 Å². The Labute approximate surface area is 127 Å². The molecule has 0 atom stereocenters. The molecule has 122 valence electrons. The average Bonchev–Trinajstić information content (AvgIpc) is 2.91. The number of nitrogens with zero attached hydrogens (tertiary/aromatic N) is 3. The largest absolute Gasteiger partial charge is 0.383 e. The molecule has 1 aromatic heterocycles. The molecule has 1 rings (SSSR count). The van der Waals surface area contributed by atoms with E-state index in [9.17, 15) is 8.42 Å². The number of imidazole rings is 1. The molecule has 8 heteroatoms. The highest BCUT2D eigenvalue weighted by Crippen LogP contribution is 2.14. The molecule has 0 unspecified atom stereocenters. The van der Waals surface area contributed by atoms with Crippen molar-refractivity contribution in [2.45, 2.75) is 24.8 Å². The Hall–Kier alpha value is -0.960. The van der Waals surface area contributed by atoms with Crippen LogP contribution in [0.15, 0.2) is 11.2 Å². The van der Waals surface area contributed by atoms with E-state index in [1.807, 2.05) is 25.9 Å². The van der Waals surface area contributed by atoms with Crippen molar-refractivity contribution in [1.82, 2.24) is 19.2 Å². The lowest BCUT2D eigenvalue weighted by atomic mass is 10.4. The molecule has 7 nitrogen and oxygen atoms in total. The van der Waals surface area contributed by atoms with Gasteiger partial charge in [-0.05, 0) is 27.1 Å². The van der Waals surface area contributed by atoms with Crippen molar-refractivity contribution in [1.29, 1.82) is 0 Å². The van der Waals surface area contributed by atoms with E-state index < -0.39 is 10.0 Å². The molecule has 0 radical (unpaired) electrons. The fourth-order valence-electron chi connectivity index (χ4n) is 1.90. The number of H-pyrrole nitrogens is 1. The van der Waals surface area contributed by atoms with Crippen LogP contribution in [0.4, 0.5) is 0 Å². The zero-order valence-electron chi connectivity index (χ0n) is 13.3. The lowest BCUT2D eigenvalue weighted by molar-refractivity contribution is 0.177. The number of aromatic amines is 1. The maximum absolute atomic E-state index is 12.6. The minimum absolute atomic E-state index is 0.153. The number of methoxy groups -OCH3 is 1. The Balaban J connectivity index is 2.83. The molecule has 0 fully saturated rings. The first-order valence-corrected chi connectivity index (χ1v) is 8.53. The molecule has 0 aliphatic carbocycles. The standard InChI is InChI=1S/C13H26N4O3S/c1-5-12-14-11-13(15-12)21(18,19)17(9-10-20-4)8-6-7-16(2)3/h11H,5-10H2,1-4H3,(H,14,15). The molecule has 0 aliphatic rings. The van der Waals surface area contributed by atoms with Gasteiger partial charge in [0.05, 0.1) is 12.8 Å². The second kappa shape index (κ2) is 8.47. The number of ether oxygens (including phenoxy) is 1. The third-order valence-corrected chi connectivity index (χ3v) is 4.92. The van der Waals surface area contributed by atoms with Crippen molar-refractivity contribution in [2.24, 2.45) is 0 Å². The van der Waals surface area contributed by atoms with Crippen molar-refractivity contribution in [3.05, 3.63) is 12.0 Å². The Morgan fingerprint density at radius 2 is 2.00 bits per heavy atom. The van der Waals surface area contributed by atoms with Crippen LogP contribution in [0.25, 0.3) is 0 Å². The average molecular weight is 318 g/mol. The maximum Gasteiger partial charge on any atom is 0.260 e. The number of rotatable bonds is 10. The van der Waals surface area contributed by atoms with E-state index in [-0.39, 0.29) is 5.03 Å². The van der Waals surface area contributed by atoms with Gasteiger partial charge in [0.2, 0.25) is 0 Å². The summed E-state index contributed by atoms with van der Waals surface area (Å²) < 4.78 is 31.7. The lowest BCUT2D eigenvalue weighted by Crippen LogP contribution is -2.36. The summed E-state index contributed by atoms with van der Waals surface area (Å²) in [6.07, 6.45) is 2.83. The predicted octanol–water partition coefficient (Wildman–Crippen LogP) is 0.561. The molecule has 0 aromatic carbocycles. The molecule has 0 bridgehead atoms. The third-order valence-electron chi connectivity index (χ3n) is 3.12. The Kier molecular flexibility index (Phi) is 7.30. The van der Waals surface area contributed by atoms with Crippen LogP contribution >= 0.6 is 0 Å². The van der Waals surface area contributed by atoms with Crippen molar-refractivity contribution >= 4 is 10.0 Å². The van der Waals surface area contributed by atoms with Crippen molar-refractivity contribution in [3.63, 3.8) is 0 Å². The van der Waals surface area contributed by atoms with Gasteiger partial charge in [-0.15, -0.1) is 0 Å². The van der Waals surface area contributed by atoms with Gasteiger partial charge in [-0.25, -0.2) is 13.4 Å². The van der Waals surface area contributed by atoms with Gasteiger partial charge in [0.15, 0.2) is 5.03 Å². The van der Waals surface area contributed by atoms with Crippen LogP contribution in [0, 0.1) is 0 Å². The number of hydrogen-bond donors (Lipinski definition) is 1. The van der Waals surface area contributed by atoms with Gasteiger partial charge in [-0.2, -0.15) is 4.31 Å². The van der Waals surface area contributed by atoms with Crippen molar-refractivity contribution < 1.29 is 13.2 Å². The number of nitrogens with one attached hydrogen (secondary N) is 1. The minimum atomic E-state index is -3.54. The fourth-order valence-corrected chi connectivity index (χ4v) is 3.30. The summed E-state index contributed by atoms with van der Waals surface area (Å²) in [5.41, 5.74) is 0. The summed E-state index contributed by atoms with van der Waals surface area (Å²) in [6.45, 7) is 3.93. The maximum atomic E-state index is 12.6. The molecule has 1 N–H and O–H groups in total. The summed E-state index contributed by atoms with van der Waals surface area (Å²) in [4.78, 5) is 8.97. The summed E-state index contributed by atoms with van der Waals surface area (Å²) in [6, 6.07) is 0. The molecular weight excluding hydrogens is 292 g/mol. The minimum Gasteiger partial charge on any atom is -0.383 e. The zero-order chi connectivity index (χ0) is 15.9. The van der Waals surface area contributed by atoms with E-state index in [0.29, 0.717) is 31.9 Å². The van der Waals surface area contributed by atoms with Gasteiger partial charge in [-0.1, -0.05) is 6.92 Å². The normalized spacial score (nSPS) is 12.5. The van der Waals surface area contributed by atoms with E-state index in [1.165, 1.54) is 10.5 Å². The van der Waals surface area contributed by atoms with Crippen LogP contribution in [-0.2, 0) is 21.2 Å². The van der Waals surface area contributed by atoms with E-state index in [4.69, 9.17) is 4.74 Å². The summed E-state index contributed by atoms with van der Waals surface area (Å²) >= 11 is 0. The highest BCUT2D eigenvalue weighted by Gasteiger charge is 2.25. The first-order chi connectivity index (χ1) is 9.91. The molecule has 0 saturated heterocycles. The number of aromatic nitrogens is 2. The van der Waals surface area contributed by atoms with Gasteiger partial charge in [-0.3, -0.25) is 0 Å². The van der Waals surface area contributed by atoms with Gasteiger partial charge in [0.1, 0.15) is 5.82 Å². The molecule has 0 amide bonds. The molecule has 0 saturated carbocycles. The predicted molar refractivity (Wildman–Crippen MR) is 81.8 cm³/mol. The van der Waals surface area contributed by atoms with E-state index in [1.54, 1.807) is 7.11 Å². The third kappa shape index (κ3) is 5.39. The monoisotopic (exact) mass is 318 g/mol. The Morgan fingerprint density at radius 1 is 1.29 bits per heavy atom. The Morgan fingerprint density at radius 3 is 2.52 bits per heavy atom. The topological polar surface area (TPSA) is 78.5 Å². The van der Waals surface area contributed by atoms with Gasteiger partial charge in [0, 0.05) is 26.6 Å². The van der Waals surface area contributed by atoms with Crippen LogP contribution in [0.2, 0.25) is 0 Å². The van der Waals surface area contributed by atoms with Crippen molar-refractivity contribution in [2.75, 3.05) is 47.4 Å². The molecule has 1 aromatic rings. The molecule has 0 aliphatic heterocycles. The van der Waals surface area contributed by atoms with Gasteiger partial charge in [0.25, 0.3) is 10.0 Å². The quantitative estimate of drug-likeness (QED) is 0.682. The van der Waals surface area contributed by atoms with Crippen LogP contribution < -0.4 is 0 Å². The summed E-state index contributed by atoms with van der Waals surface area (Å²) in [7, 11) is 1.96. The number of sulfonamides is 1. The second-order valence-corrected chi connectivity index (χ2v) is 7.01. The molecule has 1 heterocycles. The summed E-state index contributed by atoms with van der Waals surface area (Å²) in [5, 5.41) is 0.153. The Bertz CT molecular complexity index is 513. The zero-order valence-corrected chi connectivity index (χ0v) is 14.1. The lowest BCUT2D eigenvalue weighted by Gasteiger charge is -2.21. The molecule has 21 heavy (non-hydrogen) atoms. The van der Waals surface area contributed by atoms with Crippen molar-refractivity contribution in [3.8, 4) is 0 Å². The number of aryl methyl sites for hydroxylation is 1. The summed E-state index contributed by atoms with van der Waals surface area (Å²) in [5.74, 6) is 0.675. The van der Waals surface area contributed by atoms with E-state index >= 15 is 0 Å². The van der Waals surface area contributed by atoms with Gasteiger partial charge >= 0.3 is 0 Å². The molecule has 0 spiro atoms. The van der Waals surface area contributed by atoms with Crippen LogP contribution in [0.3, 0.4) is 0 Å². The molecular formula is C13H26N4O3S. The first-order valence-electron chi connectivity index (χ1n) is 7.09. The first kappa shape index (κ1) is 18.1. The highest BCUT2D eigenvalue weighted by atomic mass is 32.2. The highest BCUT2D eigenvalue weighted by molar-refractivity contribution is 7.89. The van der Waals surface area contributed by atoms with Crippen LogP contribution in [0.1, 0.15) is 19.2 Å². The van der Waals surface area contributed by atoms with Gasteiger partial charge < -0.3 is 14.6 Å². The second-order valence-electron chi connectivity index (χ2n) is 5.10. The fraction of sp³-hybridized carbons (Fsp3) is 0.769. The number of hydrogen-bond acceptors (Lipinski definition) is 5. The van der Waals surface area contributed by atoms with Crippen LogP contribution in [0.5, 0.6) is 0 Å². The smallest absolute Gasteiger partial charge is 0.260 e. The van der Waals surface area contributed by atoms with E-state index in [2.05, 4.69) is 9.97 Å².